The van der Waals surface area contributed by atoms with Crippen molar-refractivity contribution in [2.24, 2.45) is 0 Å². The lowest BCUT2D eigenvalue weighted by Crippen LogP contribution is -2.33. The molecule has 2 aliphatic carbocycles. The van der Waals surface area contributed by atoms with Crippen molar-refractivity contribution in [1.29, 1.82) is 0 Å². The molecule has 2 aliphatic rings. The van der Waals surface area contributed by atoms with E-state index in [0.717, 1.165) is 32.1 Å². The molecule has 25 heavy (non-hydrogen) atoms. The van der Waals surface area contributed by atoms with Crippen molar-refractivity contribution in [3.63, 3.8) is 0 Å². The molecule has 1 amide bonds. The topological polar surface area (TPSA) is 46.9 Å². The standard InChI is InChI=1S/C21H27N3O/c25-21(22-20-13-7-10-16-8-5-6-11-18(16)20)15-24-14-17-9-3-1-2-4-12-19(17)23-24/h5-6,8,11,14,20H,1-4,7,9-10,12-13,15H2,(H,22,25). The summed E-state index contributed by atoms with van der Waals surface area (Å²) in [6, 6.07) is 8.63. The van der Waals surface area contributed by atoms with E-state index < -0.39 is 0 Å². The summed E-state index contributed by atoms with van der Waals surface area (Å²) in [6.07, 6.45) is 12.6. The monoisotopic (exact) mass is 337 g/mol. The number of carbonyl (C=O) groups is 1. The van der Waals surface area contributed by atoms with Crippen molar-refractivity contribution >= 4 is 5.91 Å². The van der Waals surface area contributed by atoms with E-state index in [2.05, 4.69) is 40.9 Å². The van der Waals surface area contributed by atoms with Gasteiger partial charge in [-0.25, -0.2) is 0 Å². The van der Waals surface area contributed by atoms with E-state index in [1.54, 1.807) is 0 Å². The van der Waals surface area contributed by atoms with Gasteiger partial charge in [-0.05, 0) is 61.6 Å². The number of aromatic nitrogens is 2. The number of amides is 1. The Bertz CT molecular complexity index is 724. The van der Waals surface area contributed by atoms with Gasteiger partial charge in [-0.15, -0.1) is 0 Å². The summed E-state index contributed by atoms with van der Waals surface area (Å²) in [5, 5.41) is 7.91. The summed E-state index contributed by atoms with van der Waals surface area (Å²) in [7, 11) is 0. The Labute approximate surface area is 149 Å². The van der Waals surface area contributed by atoms with Gasteiger partial charge < -0.3 is 5.32 Å². The van der Waals surface area contributed by atoms with Gasteiger partial charge in [0, 0.05) is 6.20 Å². The van der Waals surface area contributed by atoms with Crippen LogP contribution < -0.4 is 5.32 Å². The normalized spacial score (nSPS) is 20.1. The van der Waals surface area contributed by atoms with E-state index in [1.165, 1.54) is 48.1 Å². The Kier molecular flexibility index (Phi) is 4.86. The Morgan fingerprint density at radius 1 is 1.04 bits per heavy atom. The van der Waals surface area contributed by atoms with Gasteiger partial charge in [0.25, 0.3) is 0 Å². The minimum atomic E-state index is 0.0668. The fourth-order valence-electron chi connectivity index (χ4n) is 4.26. The minimum Gasteiger partial charge on any atom is -0.348 e. The zero-order valence-electron chi connectivity index (χ0n) is 14.8. The maximum atomic E-state index is 12.6. The number of fused-ring (bicyclic) bond motifs is 2. The number of rotatable bonds is 3. The van der Waals surface area contributed by atoms with E-state index in [-0.39, 0.29) is 11.9 Å². The average molecular weight is 337 g/mol. The van der Waals surface area contributed by atoms with E-state index in [0.29, 0.717) is 6.54 Å². The van der Waals surface area contributed by atoms with Crippen LogP contribution in [0.2, 0.25) is 0 Å². The molecule has 0 spiro atoms. The molecule has 1 heterocycles. The van der Waals surface area contributed by atoms with Crippen LogP contribution in [0, 0.1) is 0 Å². The minimum absolute atomic E-state index is 0.0668. The largest absolute Gasteiger partial charge is 0.348 e. The van der Waals surface area contributed by atoms with E-state index in [9.17, 15) is 4.79 Å². The molecule has 0 aliphatic heterocycles. The third kappa shape index (κ3) is 3.78. The van der Waals surface area contributed by atoms with Crippen molar-refractivity contribution in [1.82, 2.24) is 15.1 Å². The molecule has 1 aromatic carbocycles. The molecular weight excluding hydrogens is 310 g/mol. The van der Waals surface area contributed by atoms with Crippen molar-refractivity contribution in [3.05, 3.63) is 52.8 Å². The second-order valence-corrected chi connectivity index (χ2v) is 7.42. The second-order valence-electron chi connectivity index (χ2n) is 7.42. The summed E-state index contributed by atoms with van der Waals surface area (Å²) in [5.74, 6) is 0.0668. The summed E-state index contributed by atoms with van der Waals surface area (Å²) in [5.41, 5.74) is 5.21. The second kappa shape index (κ2) is 7.42. The number of nitrogens with one attached hydrogen (secondary N) is 1. The van der Waals surface area contributed by atoms with Gasteiger partial charge in [0.2, 0.25) is 5.91 Å². The lowest BCUT2D eigenvalue weighted by Gasteiger charge is -2.26. The third-order valence-corrected chi connectivity index (χ3v) is 5.54. The highest BCUT2D eigenvalue weighted by Crippen LogP contribution is 2.29. The van der Waals surface area contributed by atoms with Crippen molar-refractivity contribution in [2.75, 3.05) is 0 Å². The van der Waals surface area contributed by atoms with Gasteiger partial charge in [0.05, 0.1) is 11.7 Å². The molecule has 1 unspecified atom stereocenters. The lowest BCUT2D eigenvalue weighted by atomic mass is 9.88. The van der Waals surface area contributed by atoms with Crippen LogP contribution in [-0.4, -0.2) is 15.7 Å². The predicted octanol–water partition coefficient (Wildman–Crippen LogP) is 3.74. The number of hydrogen-bond donors (Lipinski definition) is 1. The van der Waals surface area contributed by atoms with E-state index in [4.69, 9.17) is 0 Å². The fraction of sp³-hybridized carbons (Fsp3) is 0.524. The highest BCUT2D eigenvalue weighted by atomic mass is 16.2. The van der Waals surface area contributed by atoms with Crippen LogP contribution in [0.4, 0.5) is 0 Å². The van der Waals surface area contributed by atoms with Gasteiger partial charge >= 0.3 is 0 Å². The highest BCUT2D eigenvalue weighted by molar-refractivity contribution is 5.76. The lowest BCUT2D eigenvalue weighted by molar-refractivity contribution is -0.122. The van der Waals surface area contributed by atoms with Gasteiger partial charge in [-0.3, -0.25) is 9.48 Å². The van der Waals surface area contributed by atoms with Gasteiger partial charge in [0.15, 0.2) is 0 Å². The van der Waals surface area contributed by atoms with Crippen LogP contribution in [0.3, 0.4) is 0 Å². The fourth-order valence-corrected chi connectivity index (χ4v) is 4.26. The molecule has 2 aromatic rings. The first-order valence-corrected chi connectivity index (χ1v) is 9.72. The third-order valence-electron chi connectivity index (χ3n) is 5.54. The van der Waals surface area contributed by atoms with Crippen LogP contribution in [-0.2, 0) is 30.6 Å². The van der Waals surface area contributed by atoms with Crippen LogP contribution in [0.25, 0.3) is 0 Å². The first-order valence-electron chi connectivity index (χ1n) is 9.72. The average Bonchev–Trinajstić information content (AvgIpc) is 2.96. The number of carbonyl (C=O) groups excluding carboxylic acids is 1. The molecule has 132 valence electrons. The van der Waals surface area contributed by atoms with Crippen molar-refractivity contribution in [3.8, 4) is 0 Å². The van der Waals surface area contributed by atoms with Crippen molar-refractivity contribution < 1.29 is 4.79 Å². The smallest absolute Gasteiger partial charge is 0.242 e. The van der Waals surface area contributed by atoms with Crippen LogP contribution >= 0.6 is 0 Å². The highest BCUT2D eigenvalue weighted by Gasteiger charge is 2.22. The molecule has 0 fully saturated rings. The Balaban J connectivity index is 1.42. The molecule has 0 saturated carbocycles. The summed E-state index contributed by atoms with van der Waals surface area (Å²) < 4.78 is 1.85. The Morgan fingerprint density at radius 2 is 1.84 bits per heavy atom. The molecule has 4 nitrogen and oxygen atoms in total. The molecular formula is C21H27N3O. The van der Waals surface area contributed by atoms with Gasteiger partial charge in [-0.2, -0.15) is 5.10 Å². The quantitative estimate of drug-likeness (QED) is 0.927. The predicted molar refractivity (Wildman–Crippen MR) is 98.4 cm³/mol. The number of nitrogens with zero attached hydrogens (tertiary/aromatic N) is 2. The maximum Gasteiger partial charge on any atom is 0.242 e. The Morgan fingerprint density at radius 3 is 2.76 bits per heavy atom. The molecule has 0 saturated heterocycles. The number of aryl methyl sites for hydroxylation is 3. The first kappa shape index (κ1) is 16.4. The van der Waals surface area contributed by atoms with E-state index in [1.807, 2.05) is 4.68 Å². The molecule has 4 heteroatoms. The molecule has 1 atom stereocenters. The van der Waals surface area contributed by atoms with Crippen molar-refractivity contribution in [2.45, 2.75) is 70.4 Å². The number of hydrogen-bond acceptors (Lipinski definition) is 2. The zero-order chi connectivity index (χ0) is 17.1. The molecule has 0 bridgehead atoms. The zero-order valence-corrected chi connectivity index (χ0v) is 14.8. The molecule has 0 radical (unpaired) electrons. The van der Waals surface area contributed by atoms with Crippen LogP contribution in [0.15, 0.2) is 30.5 Å². The summed E-state index contributed by atoms with van der Waals surface area (Å²) in [4.78, 5) is 12.6. The molecule has 1 N–H and O–H groups in total. The summed E-state index contributed by atoms with van der Waals surface area (Å²) in [6.45, 7) is 0.325. The molecule has 1 aromatic heterocycles. The SMILES string of the molecule is O=C(Cn1cc2c(n1)CCCCCC2)NC1CCCc2ccccc21. The van der Waals surface area contributed by atoms with Crippen LogP contribution in [0.1, 0.15) is 67.0 Å². The van der Waals surface area contributed by atoms with Crippen LogP contribution in [0.5, 0.6) is 0 Å². The van der Waals surface area contributed by atoms with Gasteiger partial charge in [0.1, 0.15) is 6.54 Å². The first-order chi connectivity index (χ1) is 12.3. The van der Waals surface area contributed by atoms with E-state index >= 15 is 0 Å². The Hall–Kier alpha value is -2.10. The summed E-state index contributed by atoms with van der Waals surface area (Å²) >= 11 is 0. The number of benzene rings is 1. The molecule has 4 rings (SSSR count). The maximum absolute atomic E-state index is 12.6. The van der Waals surface area contributed by atoms with Gasteiger partial charge in [-0.1, -0.05) is 37.1 Å².